The molecule has 1 saturated carbocycles. The molecule has 0 amide bonds. The van der Waals surface area contributed by atoms with Gasteiger partial charge in [-0.1, -0.05) is 12.8 Å². The van der Waals surface area contributed by atoms with Gasteiger partial charge in [0.05, 0.1) is 17.6 Å². The van der Waals surface area contributed by atoms with Gasteiger partial charge >= 0.3 is 5.69 Å². The zero-order chi connectivity index (χ0) is 14.8. The third-order valence-electron chi connectivity index (χ3n) is 3.57. The monoisotopic (exact) mass is 282 g/mol. The quantitative estimate of drug-likeness (QED) is 0.638. The van der Waals surface area contributed by atoms with Gasteiger partial charge < -0.3 is 14.7 Å². The molecule has 0 aromatic carbocycles. The van der Waals surface area contributed by atoms with Crippen LogP contribution in [-0.4, -0.2) is 46.3 Å². The number of anilines is 1. The van der Waals surface area contributed by atoms with Crippen molar-refractivity contribution in [2.75, 3.05) is 25.6 Å². The molecule has 1 aromatic heterocycles. The summed E-state index contributed by atoms with van der Waals surface area (Å²) < 4.78 is 4.91. The van der Waals surface area contributed by atoms with E-state index < -0.39 is 10.5 Å². The van der Waals surface area contributed by atoms with Crippen LogP contribution in [0.15, 0.2) is 6.33 Å². The number of methoxy groups -OCH3 is 1. The molecule has 0 aliphatic heterocycles. The molecule has 0 saturated heterocycles. The first-order chi connectivity index (χ1) is 9.47. The Morgan fingerprint density at radius 2 is 2.15 bits per heavy atom. The molecular formula is C12H18N4O4. The van der Waals surface area contributed by atoms with E-state index in [-0.39, 0.29) is 17.4 Å². The number of nitrogens with zero attached hydrogens (tertiary/aromatic N) is 4. The van der Waals surface area contributed by atoms with E-state index in [0.29, 0.717) is 19.4 Å². The molecule has 8 heteroatoms. The number of ether oxygens (including phenoxy) is 1. The molecule has 0 spiro atoms. The largest absolute Gasteiger partial charge is 0.476 e. The van der Waals surface area contributed by atoms with Crippen molar-refractivity contribution in [3.63, 3.8) is 0 Å². The topological polar surface area (TPSA) is 102 Å². The van der Waals surface area contributed by atoms with Gasteiger partial charge in [-0.3, -0.25) is 10.1 Å². The molecule has 8 nitrogen and oxygen atoms in total. The van der Waals surface area contributed by atoms with Crippen molar-refractivity contribution >= 4 is 11.5 Å². The number of rotatable bonds is 5. The first-order valence-electron chi connectivity index (χ1n) is 6.44. The second-order valence-corrected chi connectivity index (χ2v) is 5.10. The van der Waals surface area contributed by atoms with Gasteiger partial charge in [0.15, 0.2) is 0 Å². The highest BCUT2D eigenvalue weighted by molar-refractivity contribution is 5.62. The molecule has 1 aliphatic carbocycles. The molecule has 20 heavy (non-hydrogen) atoms. The number of aromatic nitrogens is 2. The maximum Gasteiger partial charge on any atom is 0.372 e. The summed E-state index contributed by atoms with van der Waals surface area (Å²) >= 11 is 0. The van der Waals surface area contributed by atoms with Gasteiger partial charge in [0, 0.05) is 13.6 Å². The fourth-order valence-corrected chi connectivity index (χ4v) is 2.65. The Morgan fingerprint density at radius 3 is 2.70 bits per heavy atom. The van der Waals surface area contributed by atoms with Crippen molar-refractivity contribution in [1.82, 2.24) is 9.97 Å². The van der Waals surface area contributed by atoms with Crippen LogP contribution in [0.5, 0.6) is 5.88 Å². The molecule has 1 heterocycles. The second kappa shape index (κ2) is 5.58. The fourth-order valence-electron chi connectivity index (χ4n) is 2.65. The van der Waals surface area contributed by atoms with Crippen molar-refractivity contribution in [3.05, 3.63) is 16.4 Å². The summed E-state index contributed by atoms with van der Waals surface area (Å²) in [5.41, 5.74) is -1.08. The van der Waals surface area contributed by atoms with Crippen LogP contribution < -0.4 is 9.64 Å². The van der Waals surface area contributed by atoms with Crippen LogP contribution in [0, 0.1) is 10.1 Å². The van der Waals surface area contributed by atoms with E-state index in [1.165, 1.54) is 13.4 Å². The van der Waals surface area contributed by atoms with E-state index in [1.54, 1.807) is 11.9 Å². The van der Waals surface area contributed by atoms with Crippen molar-refractivity contribution < 1.29 is 14.8 Å². The van der Waals surface area contributed by atoms with Crippen LogP contribution in [0.1, 0.15) is 25.7 Å². The average Bonchev–Trinajstić information content (AvgIpc) is 2.83. The fraction of sp³-hybridized carbons (Fsp3) is 0.667. The van der Waals surface area contributed by atoms with Crippen molar-refractivity contribution in [3.8, 4) is 5.88 Å². The molecule has 0 radical (unpaired) electrons. The lowest BCUT2D eigenvalue weighted by molar-refractivity contribution is -0.385. The Labute approximate surface area is 116 Å². The molecule has 0 bridgehead atoms. The van der Waals surface area contributed by atoms with E-state index in [1.807, 2.05) is 0 Å². The van der Waals surface area contributed by atoms with E-state index in [0.717, 1.165) is 12.8 Å². The van der Waals surface area contributed by atoms with Gasteiger partial charge in [-0.2, -0.15) is 4.98 Å². The molecule has 2 rings (SSSR count). The number of nitro groups is 1. The standard InChI is InChI=1S/C12H18N4O4/c1-15(7-12(17)5-3-4-6-12)10-9(16(18)19)11(20-2)14-8-13-10/h8,17H,3-7H2,1-2H3. The van der Waals surface area contributed by atoms with Gasteiger partial charge in [-0.25, -0.2) is 4.98 Å². The smallest absolute Gasteiger partial charge is 0.372 e. The first-order valence-corrected chi connectivity index (χ1v) is 6.44. The van der Waals surface area contributed by atoms with E-state index >= 15 is 0 Å². The summed E-state index contributed by atoms with van der Waals surface area (Å²) in [6, 6.07) is 0. The lowest BCUT2D eigenvalue weighted by atomic mass is 10.0. The van der Waals surface area contributed by atoms with Crippen molar-refractivity contribution in [1.29, 1.82) is 0 Å². The number of hydrogen-bond donors (Lipinski definition) is 1. The minimum Gasteiger partial charge on any atom is -0.476 e. The molecular weight excluding hydrogens is 264 g/mol. The summed E-state index contributed by atoms with van der Waals surface area (Å²) in [6.45, 7) is 0.300. The lowest BCUT2D eigenvalue weighted by Gasteiger charge is -2.28. The van der Waals surface area contributed by atoms with Crippen LogP contribution in [0.4, 0.5) is 11.5 Å². The minimum atomic E-state index is -0.805. The normalized spacial score (nSPS) is 16.9. The predicted octanol–water partition coefficient (Wildman–Crippen LogP) is 1.13. The molecule has 0 unspecified atom stereocenters. The second-order valence-electron chi connectivity index (χ2n) is 5.10. The summed E-state index contributed by atoms with van der Waals surface area (Å²) in [4.78, 5) is 19.9. The molecule has 1 aromatic rings. The summed E-state index contributed by atoms with van der Waals surface area (Å²) in [7, 11) is 2.99. The van der Waals surface area contributed by atoms with Crippen LogP contribution in [0.25, 0.3) is 0 Å². The molecule has 0 atom stereocenters. The van der Waals surface area contributed by atoms with Crippen LogP contribution in [0.3, 0.4) is 0 Å². The third-order valence-corrected chi connectivity index (χ3v) is 3.57. The Kier molecular flexibility index (Phi) is 4.03. The Morgan fingerprint density at radius 1 is 1.50 bits per heavy atom. The Balaban J connectivity index is 2.29. The predicted molar refractivity (Wildman–Crippen MR) is 71.9 cm³/mol. The SMILES string of the molecule is COc1ncnc(N(C)CC2(O)CCCC2)c1[N+](=O)[O-]. The zero-order valence-electron chi connectivity index (χ0n) is 11.6. The highest BCUT2D eigenvalue weighted by atomic mass is 16.6. The van der Waals surface area contributed by atoms with Gasteiger partial charge in [0.2, 0.25) is 5.82 Å². The van der Waals surface area contributed by atoms with Crippen LogP contribution >= 0.6 is 0 Å². The van der Waals surface area contributed by atoms with Gasteiger partial charge in [0.1, 0.15) is 6.33 Å². The summed E-state index contributed by atoms with van der Waals surface area (Å²) in [5, 5.41) is 21.6. The Hall–Kier alpha value is -1.96. The van der Waals surface area contributed by atoms with E-state index in [2.05, 4.69) is 9.97 Å². The highest BCUT2D eigenvalue weighted by Gasteiger charge is 2.35. The van der Waals surface area contributed by atoms with E-state index in [4.69, 9.17) is 4.74 Å². The van der Waals surface area contributed by atoms with Crippen LogP contribution in [-0.2, 0) is 0 Å². The highest BCUT2D eigenvalue weighted by Crippen LogP contribution is 2.35. The molecule has 1 aliphatic rings. The zero-order valence-corrected chi connectivity index (χ0v) is 11.6. The summed E-state index contributed by atoms with van der Waals surface area (Å²) in [5.74, 6) is 0.0763. The third kappa shape index (κ3) is 2.79. The minimum absolute atomic E-state index is 0.0785. The number of likely N-dealkylation sites (N-methyl/N-ethyl adjacent to an activating group) is 1. The van der Waals surface area contributed by atoms with Crippen molar-refractivity contribution in [2.45, 2.75) is 31.3 Å². The maximum atomic E-state index is 11.2. The molecule has 1 N–H and O–H groups in total. The average molecular weight is 282 g/mol. The van der Waals surface area contributed by atoms with Crippen molar-refractivity contribution in [2.24, 2.45) is 0 Å². The van der Waals surface area contributed by atoms with E-state index in [9.17, 15) is 15.2 Å². The number of aliphatic hydroxyl groups is 1. The molecule has 1 fully saturated rings. The Bertz CT molecular complexity index is 502. The maximum absolute atomic E-state index is 11.2. The molecule has 110 valence electrons. The summed E-state index contributed by atoms with van der Waals surface area (Å²) in [6.07, 6.45) is 4.57. The van der Waals surface area contributed by atoms with Crippen LogP contribution in [0.2, 0.25) is 0 Å². The van der Waals surface area contributed by atoms with Gasteiger partial charge in [-0.05, 0) is 12.8 Å². The first kappa shape index (κ1) is 14.4. The number of hydrogen-bond acceptors (Lipinski definition) is 7. The lowest BCUT2D eigenvalue weighted by Crippen LogP contribution is -2.39. The van der Waals surface area contributed by atoms with Gasteiger partial charge in [-0.15, -0.1) is 0 Å². The van der Waals surface area contributed by atoms with Gasteiger partial charge in [0.25, 0.3) is 5.88 Å².